The molecular formula is C18H19N3O3S. The molecule has 130 valence electrons. The number of hydrogen-bond donors (Lipinski definition) is 0. The van der Waals surface area contributed by atoms with Gasteiger partial charge in [-0.25, -0.2) is 12.7 Å². The van der Waals surface area contributed by atoms with E-state index < -0.39 is 10.0 Å². The Morgan fingerprint density at radius 1 is 1.00 bits per heavy atom. The number of carbonyl (C=O) groups is 1. The van der Waals surface area contributed by atoms with Crippen molar-refractivity contribution in [3.05, 3.63) is 65.2 Å². The summed E-state index contributed by atoms with van der Waals surface area (Å²) in [5.74, 6) is -0.210. The molecule has 25 heavy (non-hydrogen) atoms. The molecule has 1 amide bonds. The largest absolute Gasteiger partial charge is 0.337 e. The van der Waals surface area contributed by atoms with Gasteiger partial charge in [0.1, 0.15) is 0 Å². The molecule has 0 bridgehead atoms. The lowest BCUT2D eigenvalue weighted by atomic mass is 10.1. The summed E-state index contributed by atoms with van der Waals surface area (Å²) < 4.78 is 25.2. The minimum Gasteiger partial charge on any atom is -0.337 e. The van der Waals surface area contributed by atoms with Crippen LogP contribution in [0.25, 0.3) is 0 Å². The van der Waals surface area contributed by atoms with E-state index in [1.165, 1.54) is 43.3 Å². The van der Waals surface area contributed by atoms with Gasteiger partial charge in [-0.3, -0.25) is 4.79 Å². The first-order valence-electron chi connectivity index (χ1n) is 7.53. The summed E-state index contributed by atoms with van der Waals surface area (Å²) in [5.41, 5.74) is 1.88. The number of benzene rings is 2. The van der Waals surface area contributed by atoms with Crippen LogP contribution in [0.4, 0.5) is 0 Å². The molecule has 0 aliphatic rings. The van der Waals surface area contributed by atoms with Crippen LogP contribution in [0.1, 0.15) is 21.5 Å². The van der Waals surface area contributed by atoms with E-state index in [1.54, 1.807) is 31.3 Å². The topological polar surface area (TPSA) is 81.5 Å². The van der Waals surface area contributed by atoms with Crippen molar-refractivity contribution in [3.8, 4) is 6.07 Å². The van der Waals surface area contributed by atoms with E-state index >= 15 is 0 Å². The zero-order chi connectivity index (χ0) is 18.6. The molecule has 2 aromatic rings. The average molecular weight is 357 g/mol. The van der Waals surface area contributed by atoms with Crippen molar-refractivity contribution in [3.63, 3.8) is 0 Å². The molecular weight excluding hydrogens is 338 g/mol. The first kappa shape index (κ1) is 18.6. The molecule has 7 heteroatoms. The van der Waals surface area contributed by atoms with Gasteiger partial charge in [0.25, 0.3) is 5.91 Å². The minimum atomic E-state index is -3.51. The van der Waals surface area contributed by atoms with Crippen LogP contribution in [-0.4, -0.2) is 44.7 Å². The third kappa shape index (κ3) is 4.24. The normalized spacial score (nSPS) is 11.2. The summed E-state index contributed by atoms with van der Waals surface area (Å²) in [6.07, 6.45) is 0. The van der Waals surface area contributed by atoms with E-state index in [0.717, 1.165) is 9.87 Å². The Bertz CT molecular complexity index is 896. The highest BCUT2D eigenvalue weighted by atomic mass is 32.2. The van der Waals surface area contributed by atoms with Gasteiger partial charge in [-0.05, 0) is 42.0 Å². The van der Waals surface area contributed by atoms with Crippen molar-refractivity contribution in [2.45, 2.75) is 11.4 Å². The molecule has 2 aromatic carbocycles. The Labute approximate surface area is 148 Å². The second kappa shape index (κ2) is 7.47. The van der Waals surface area contributed by atoms with Gasteiger partial charge in [0, 0.05) is 33.3 Å². The first-order chi connectivity index (χ1) is 11.8. The molecule has 0 heterocycles. The molecule has 0 spiro atoms. The second-order valence-electron chi connectivity index (χ2n) is 5.78. The van der Waals surface area contributed by atoms with Crippen molar-refractivity contribution in [1.82, 2.24) is 9.21 Å². The molecule has 2 rings (SSSR count). The molecule has 0 unspecified atom stereocenters. The third-order valence-electron chi connectivity index (χ3n) is 3.73. The van der Waals surface area contributed by atoms with E-state index in [9.17, 15) is 13.2 Å². The summed E-state index contributed by atoms with van der Waals surface area (Å²) in [4.78, 5) is 14.2. The lowest BCUT2D eigenvalue weighted by Crippen LogP contribution is -2.26. The monoisotopic (exact) mass is 357 g/mol. The smallest absolute Gasteiger partial charge is 0.253 e. The number of amides is 1. The molecule has 6 nitrogen and oxygen atoms in total. The maximum atomic E-state index is 12.5. The number of hydrogen-bond acceptors (Lipinski definition) is 4. The van der Waals surface area contributed by atoms with Crippen molar-refractivity contribution in [1.29, 1.82) is 5.26 Å². The number of carbonyl (C=O) groups excluding carboxylic acids is 1. The summed E-state index contributed by atoms with van der Waals surface area (Å²) in [6, 6.07) is 14.9. The number of sulfonamides is 1. The molecule has 0 saturated carbocycles. The maximum Gasteiger partial charge on any atom is 0.253 e. The zero-order valence-corrected chi connectivity index (χ0v) is 15.1. The second-order valence-corrected chi connectivity index (χ2v) is 7.93. The maximum absolute atomic E-state index is 12.5. The highest BCUT2D eigenvalue weighted by Gasteiger charge is 2.18. The molecule has 0 radical (unpaired) electrons. The van der Waals surface area contributed by atoms with Crippen molar-refractivity contribution < 1.29 is 13.2 Å². The summed E-state index contributed by atoms with van der Waals surface area (Å²) in [7, 11) is 1.08. The predicted molar refractivity (Wildman–Crippen MR) is 94.3 cm³/mol. The summed E-state index contributed by atoms with van der Waals surface area (Å²) in [5, 5.41) is 8.80. The Hall–Kier alpha value is -2.69. The molecule has 0 aromatic heterocycles. The predicted octanol–water partition coefficient (Wildman–Crippen LogP) is 2.08. The molecule has 0 N–H and O–H groups in total. The molecule has 0 atom stereocenters. The fourth-order valence-electron chi connectivity index (χ4n) is 2.23. The van der Waals surface area contributed by atoms with Gasteiger partial charge < -0.3 is 4.90 Å². The van der Waals surface area contributed by atoms with E-state index in [2.05, 4.69) is 0 Å². The van der Waals surface area contributed by atoms with Crippen LogP contribution in [0.2, 0.25) is 0 Å². The Morgan fingerprint density at radius 2 is 1.56 bits per heavy atom. The fourth-order valence-corrected chi connectivity index (χ4v) is 3.13. The van der Waals surface area contributed by atoms with Gasteiger partial charge in [0.2, 0.25) is 10.0 Å². The molecule has 0 saturated heterocycles. The van der Waals surface area contributed by atoms with Gasteiger partial charge in [0.05, 0.1) is 16.5 Å². The van der Waals surface area contributed by atoms with Crippen LogP contribution in [-0.2, 0) is 16.6 Å². The van der Waals surface area contributed by atoms with E-state index in [1.807, 2.05) is 6.07 Å². The van der Waals surface area contributed by atoms with Crippen LogP contribution in [0, 0.1) is 11.3 Å². The number of nitrogens with zero attached hydrogens (tertiary/aromatic N) is 3. The minimum absolute atomic E-state index is 0.142. The lowest BCUT2D eigenvalue weighted by molar-refractivity contribution is 0.0785. The van der Waals surface area contributed by atoms with Crippen molar-refractivity contribution in [2.24, 2.45) is 0 Å². The highest BCUT2D eigenvalue weighted by molar-refractivity contribution is 7.89. The van der Waals surface area contributed by atoms with Crippen molar-refractivity contribution >= 4 is 15.9 Å². The highest BCUT2D eigenvalue weighted by Crippen LogP contribution is 2.16. The van der Waals surface area contributed by atoms with Gasteiger partial charge in [-0.15, -0.1) is 0 Å². The molecule has 0 aliphatic carbocycles. The third-order valence-corrected chi connectivity index (χ3v) is 5.56. The zero-order valence-electron chi connectivity index (χ0n) is 14.3. The molecule has 0 fully saturated rings. The van der Waals surface area contributed by atoms with Crippen LogP contribution in [0.15, 0.2) is 53.4 Å². The van der Waals surface area contributed by atoms with Gasteiger partial charge >= 0.3 is 0 Å². The first-order valence-corrected chi connectivity index (χ1v) is 8.97. The summed E-state index contributed by atoms with van der Waals surface area (Å²) in [6.45, 7) is 0.391. The molecule has 0 aliphatic heterocycles. The Morgan fingerprint density at radius 3 is 2.04 bits per heavy atom. The standard InChI is InChI=1S/C18H19N3O3S/c1-20(2)25(23,24)17-10-8-16(9-11-17)18(22)21(3)13-15-6-4-14(12-19)5-7-15/h4-11H,13H2,1-3H3. The van der Waals surface area contributed by atoms with Crippen LogP contribution >= 0.6 is 0 Å². The lowest BCUT2D eigenvalue weighted by Gasteiger charge is -2.18. The Kier molecular flexibility index (Phi) is 5.57. The average Bonchev–Trinajstić information content (AvgIpc) is 2.61. The number of rotatable bonds is 5. The van der Waals surface area contributed by atoms with Crippen molar-refractivity contribution in [2.75, 3.05) is 21.1 Å². The van der Waals surface area contributed by atoms with Crippen LogP contribution in [0.5, 0.6) is 0 Å². The van der Waals surface area contributed by atoms with Gasteiger partial charge in [0.15, 0.2) is 0 Å². The van der Waals surface area contributed by atoms with E-state index in [0.29, 0.717) is 17.7 Å². The van der Waals surface area contributed by atoms with Crippen LogP contribution < -0.4 is 0 Å². The number of nitriles is 1. The van der Waals surface area contributed by atoms with Crippen LogP contribution in [0.3, 0.4) is 0 Å². The SMILES string of the molecule is CN(Cc1ccc(C#N)cc1)C(=O)c1ccc(S(=O)(=O)N(C)C)cc1. The van der Waals surface area contributed by atoms with E-state index in [4.69, 9.17) is 5.26 Å². The quantitative estimate of drug-likeness (QED) is 0.820. The fraction of sp³-hybridized carbons (Fsp3) is 0.222. The summed E-state index contributed by atoms with van der Waals surface area (Å²) >= 11 is 0. The van der Waals surface area contributed by atoms with E-state index in [-0.39, 0.29) is 10.8 Å². The van der Waals surface area contributed by atoms with Gasteiger partial charge in [-0.2, -0.15) is 5.26 Å². The Balaban J connectivity index is 2.12. The van der Waals surface area contributed by atoms with Gasteiger partial charge in [-0.1, -0.05) is 12.1 Å².